The maximum Gasteiger partial charge on any atom is 0.257 e. The van der Waals surface area contributed by atoms with Gasteiger partial charge in [0.15, 0.2) is 5.82 Å². The van der Waals surface area contributed by atoms with Crippen molar-refractivity contribution in [1.82, 2.24) is 15.0 Å². The van der Waals surface area contributed by atoms with Gasteiger partial charge in [0.2, 0.25) is 0 Å². The molecular weight excluding hydrogens is 259 g/mol. The number of nitrogens with zero attached hydrogens (tertiary/aromatic N) is 3. The average molecular weight is 276 g/mol. The van der Waals surface area contributed by atoms with E-state index in [4.69, 9.17) is 10.3 Å². The zero-order chi connectivity index (χ0) is 13.9. The molecule has 1 unspecified atom stereocenters. The summed E-state index contributed by atoms with van der Waals surface area (Å²) in [5.74, 6) is 0.576. The number of rotatable bonds is 4. The van der Waals surface area contributed by atoms with E-state index in [1.807, 2.05) is 0 Å². The monoisotopic (exact) mass is 276 g/mol. The molecule has 1 aromatic heterocycles. The van der Waals surface area contributed by atoms with E-state index in [0.717, 1.165) is 19.6 Å². The van der Waals surface area contributed by atoms with Gasteiger partial charge in [-0.25, -0.2) is 4.39 Å². The SMILES string of the molecule is NC(CN1CCCC1)c1noc(-c2ccc(F)cc2)n1. The van der Waals surface area contributed by atoms with E-state index < -0.39 is 0 Å². The van der Waals surface area contributed by atoms with E-state index in [9.17, 15) is 4.39 Å². The Hall–Kier alpha value is -1.79. The molecule has 0 aliphatic carbocycles. The first-order chi connectivity index (χ1) is 9.72. The van der Waals surface area contributed by atoms with Crippen LogP contribution in [0.3, 0.4) is 0 Å². The first kappa shape index (κ1) is 13.2. The first-order valence-electron chi connectivity index (χ1n) is 6.80. The highest BCUT2D eigenvalue weighted by molar-refractivity contribution is 5.52. The Morgan fingerprint density at radius 3 is 2.65 bits per heavy atom. The van der Waals surface area contributed by atoms with E-state index in [2.05, 4.69) is 15.0 Å². The van der Waals surface area contributed by atoms with Crippen molar-refractivity contribution < 1.29 is 8.91 Å². The van der Waals surface area contributed by atoms with Crippen molar-refractivity contribution in [2.45, 2.75) is 18.9 Å². The van der Waals surface area contributed by atoms with Gasteiger partial charge in [-0.05, 0) is 50.2 Å². The number of likely N-dealkylation sites (tertiary alicyclic amines) is 1. The smallest absolute Gasteiger partial charge is 0.257 e. The van der Waals surface area contributed by atoms with Gasteiger partial charge < -0.3 is 15.2 Å². The summed E-state index contributed by atoms with van der Waals surface area (Å²) >= 11 is 0. The highest BCUT2D eigenvalue weighted by Gasteiger charge is 2.20. The molecule has 2 aromatic rings. The Kier molecular flexibility index (Phi) is 3.75. The van der Waals surface area contributed by atoms with Gasteiger partial charge in [0.05, 0.1) is 6.04 Å². The highest BCUT2D eigenvalue weighted by atomic mass is 19.1. The summed E-state index contributed by atoms with van der Waals surface area (Å²) in [7, 11) is 0. The lowest BCUT2D eigenvalue weighted by Crippen LogP contribution is -2.30. The third-order valence-electron chi connectivity index (χ3n) is 3.52. The van der Waals surface area contributed by atoms with Crippen molar-refractivity contribution in [3.05, 3.63) is 35.9 Å². The summed E-state index contributed by atoms with van der Waals surface area (Å²) in [5.41, 5.74) is 6.80. The number of aromatic nitrogens is 2. The average Bonchev–Trinajstić information content (AvgIpc) is 3.10. The molecule has 2 N–H and O–H groups in total. The van der Waals surface area contributed by atoms with Crippen molar-refractivity contribution in [2.75, 3.05) is 19.6 Å². The minimum atomic E-state index is -0.292. The third kappa shape index (κ3) is 2.86. The van der Waals surface area contributed by atoms with E-state index >= 15 is 0 Å². The summed E-state index contributed by atoms with van der Waals surface area (Å²) in [6.07, 6.45) is 2.44. The minimum Gasteiger partial charge on any atom is -0.334 e. The third-order valence-corrected chi connectivity index (χ3v) is 3.52. The fourth-order valence-electron chi connectivity index (χ4n) is 2.42. The molecule has 1 aromatic carbocycles. The van der Waals surface area contributed by atoms with Crippen molar-refractivity contribution >= 4 is 0 Å². The number of halogens is 1. The van der Waals surface area contributed by atoms with Crippen LogP contribution in [-0.4, -0.2) is 34.7 Å². The summed E-state index contributed by atoms with van der Waals surface area (Å²) in [6.45, 7) is 2.90. The Balaban J connectivity index is 1.70. The Morgan fingerprint density at radius 1 is 1.25 bits per heavy atom. The minimum absolute atomic E-state index is 0.258. The molecule has 1 fully saturated rings. The van der Waals surface area contributed by atoms with Crippen LogP contribution in [0.25, 0.3) is 11.5 Å². The molecule has 0 saturated carbocycles. The standard InChI is InChI=1S/C14H17FN4O/c15-11-5-3-10(4-6-11)14-17-13(18-20-14)12(16)9-19-7-1-2-8-19/h3-6,12H,1-2,7-9,16H2. The lowest BCUT2D eigenvalue weighted by atomic mass is 10.2. The normalized spacial score (nSPS) is 17.5. The zero-order valence-electron chi connectivity index (χ0n) is 11.1. The van der Waals surface area contributed by atoms with Crippen LogP contribution < -0.4 is 5.73 Å². The van der Waals surface area contributed by atoms with Crippen LogP contribution in [0.2, 0.25) is 0 Å². The summed E-state index contributed by atoms with van der Waals surface area (Å²) in [5, 5.41) is 3.93. The molecule has 20 heavy (non-hydrogen) atoms. The number of benzene rings is 1. The van der Waals surface area contributed by atoms with Crippen molar-refractivity contribution in [3.63, 3.8) is 0 Å². The van der Waals surface area contributed by atoms with Gasteiger partial charge in [0.25, 0.3) is 5.89 Å². The lowest BCUT2D eigenvalue weighted by Gasteiger charge is -2.17. The van der Waals surface area contributed by atoms with Gasteiger partial charge in [-0.3, -0.25) is 0 Å². The van der Waals surface area contributed by atoms with Gasteiger partial charge in [0, 0.05) is 12.1 Å². The van der Waals surface area contributed by atoms with Crippen LogP contribution in [-0.2, 0) is 0 Å². The van der Waals surface area contributed by atoms with Gasteiger partial charge >= 0.3 is 0 Å². The molecule has 1 saturated heterocycles. The maximum atomic E-state index is 12.9. The molecule has 3 rings (SSSR count). The van der Waals surface area contributed by atoms with Crippen LogP contribution >= 0.6 is 0 Å². The quantitative estimate of drug-likeness (QED) is 0.924. The molecule has 0 spiro atoms. The van der Waals surface area contributed by atoms with Crippen LogP contribution in [0, 0.1) is 5.82 Å². The molecule has 6 heteroatoms. The maximum absolute atomic E-state index is 12.9. The molecule has 1 atom stereocenters. The molecular formula is C14H17FN4O. The van der Waals surface area contributed by atoms with Crippen LogP contribution in [0.4, 0.5) is 4.39 Å². The lowest BCUT2D eigenvalue weighted by molar-refractivity contribution is 0.306. The Labute approximate surface area is 116 Å². The molecule has 5 nitrogen and oxygen atoms in total. The van der Waals surface area contributed by atoms with Gasteiger partial charge in [0.1, 0.15) is 5.82 Å². The van der Waals surface area contributed by atoms with E-state index in [-0.39, 0.29) is 11.9 Å². The van der Waals surface area contributed by atoms with E-state index in [1.165, 1.54) is 25.0 Å². The largest absolute Gasteiger partial charge is 0.334 e. The van der Waals surface area contributed by atoms with Crippen LogP contribution in [0.1, 0.15) is 24.7 Å². The molecule has 2 heterocycles. The number of nitrogens with two attached hydrogens (primary N) is 1. The molecule has 0 bridgehead atoms. The summed E-state index contributed by atoms with van der Waals surface area (Å²) in [4.78, 5) is 6.60. The van der Waals surface area contributed by atoms with E-state index in [0.29, 0.717) is 17.3 Å². The molecule has 1 aliphatic heterocycles. The van der Waals surface area contributed by atoms with Crippen LogP contribution in [0.5, 0.6) is 0 Å². The molecule has 1 aliphatic rings. The van der Waals surface area contributed by atoms with Crippen molar-refractivity contribution in [2.24, 2.45) is 5.73 Å². The van der Waals surface area contributed by atoms with Gasteiger partial charge in [-0.2, -0.15) is 4.98 Å². The second kappa shape index (κ2) is 5.68. The summed E-state index contributed by atoms with van der Waals surface area (Å²) < 4.78 is 18.1. The first-order valence-corrected chi connectivity index (χ1v) is 6.80. The summed E-state index contributed by atoms with van der Waals surface area (Å²) in [6, 6.07) is 5.69. The van der Waals surface area contributed by atoms with E-state index in [1.54, 1.807) is 12.1 Å². The van der Waals surface area contributed by atoms with Gasteiger partial charge in [-0.15, -0.1) is 0 Å². The predicted molar refractivity (Wildman–Crippen MR) is 72.3 cm³/mol. The highest BCUT2D eigenvalue weighted by Crippen LogP contribution is 2.20. The second-order valence-electron chi connectivity index (χ2n) is 5.08. The molecule has 106 valence electrons. The zero-order valence-corrected chi connectivity index (χ0v) is 11.1. The van der Waals surface area contributed by atoms with Crippen molar-refractivity contribution in [1.29, 1.82) is 0 Å². The van der Waals surface area contributed by atoms with Crippen molar-refractivity contribution in [3.8, 4) is 11.5 Å². The Bertz CT molecular complexity index is 563. The molecule has 0 amide bonds. The van der Waals surface area contributed by atoms with Gasteiger partial charge in [-0.1, -0.05) is 5.16 Å². The topological polar surface area (TPSA) is 68.2 Å². The Morgan fingerprint density at radius 2 is 1.95 bits per heavy atom. The second-order valence-corrected chi connectivity index (χ2v) is 5.08. The number of hydrogen-bond acceptors (Lipinski definition) is 5. The molecule has 0 radical (unpaired) electrons. The number of hydrogen-bond donors (Lipinski definition) is 1. The fourth-order valence-corrected chi connectivity index (χ4v) is 2.42. The van der Waals surface area contributed by atoms with Crippen LogP contribution in [0.15, 0.2) is 28.8 Å². The fraction of sp³-hybridized carbons (Fsp3) is 0.429. The predicted octanol–water partition coefficient (Wildman–Crippen LogP) is 1.97.